The van der Waals surface area contributed by atoms with E-state index in [9.17, 15) is 0 Å². The van der Waals surface area contributed by atoms with Crippen LogP contribution in [0.3, 0.4) is 0 Å². The molecule has 1 aromatic heterocycles. The topological polar surface area (TPSA) is 43.4 Å². The maximum absolute atomic E-state index is 5.78. The van der Waals surface area contributed by atoms with Crippen molar-refractivity contribution >= 4 is 5.82 Å². The number of aromatic nitrogens is 1. The van der Waals surface area contributed by atoms with E-state index >= 15 is 0 Å². The van der Waals surface area contributed by atoms with Crippen molar-refractivity contribution in [1.29, 1.82) is 0 Å². The average Bonchev–Trinajstić information content (AvgIpc) is 2.31. The summed E-state index contributed by atoms with van der Waals surface area (Å²) >= 11 is 0. The van der Waals surface area contributed by atoms with E-state index in [4.69, 9.17) is 9.47 Å². The third-order valence-corrected chi connectivity index (χ3v) is 2.46. The average molecular weight is 208 g/mol. The third-order valence-electron chi connectivity index (χ3n) is 2.46. The number of ether oxygens (including phenoxy) is 2. The van der Waals surface area contributed by atoms with Crippen molar-refractivity contribution in [2.75, 3.05) is 25.6 Å². The lowest BCUT2D eigenvalue weighted by atomic mass is 10.1. The van der Waals surface area contributed by atoms with Gasteiger partial charge in [0.15, 0.2) is 0 Å². The van der Waals surface area contributed by atoms with Gasteiger partial charge in [0.1, 0.15) is 17.7 Å². The Morgan fingerprint density at radius 2 is 2.20 bits per heavy atom. The minimum absolute atomic E-state index is 0.279. The first-order chi connectivity index (χ1) is 7.38. The van der Waals surface area contributed by atoms with Crippen LogP contribution in [-0.2, 0) is 4.74 Å². The molecule has 0 bridgehead atoms. The maximum Gasteiger partial charge on any atom is 0.138 e. The first-order valence-electron chi connectivity index (χ1n) is 5.26. The zero-order chi connectivity index (χ0) is 10.5. The first kappa shape index (κ1) is 10.2. The van der Waals surface area contributed by atoms with Gasteiger partial charge in [0.2, 0.25) is 0 Å². The molecule has 0 amide bonds. The highest BCUT2D eigenvalue weighted by Crippen LogP contribution is 2.17. The molecule has 0 aliphatic carbocycles. The van der Waals surface area contributed by atoms with Crippen LogP contribution in [0.5, 0.6) is 5.75 Å². The highest BCUT2D eigenvalue weighted by Gasteiger charge is 2.15. The molecule has 0 spiro atoms. The van der Waals surface area contributed by atoms with Gasteiger partial charge in [-0.05, 0) is 12.1 Å². The summed E-state index contributed by atoms with van der Waals surface area (Å²) in [6.07, 6.45) is 3.96. The molecular formula is C11H16N2O2. The summed E-state index contributed by atoms with van der Waals surface area (Å²) in [5.74, 6) is 1.69. The molecule has 2 heterocycles. The van der Waals surface area contributed by atoms with E-state index in [-0.39, 0.29) is 6.10 Å². The summed E-state index contributed by atoms with van der Waals surface area (Å²) in [7, 11) is 1.85. The highest BCUT2D eigenvalue weighted by molar-refractivity contribution is 5.36. The van der Waals surface area contributed by atoms with Gasteiger partial charge in [-0.25, -0.2) is 4.98 Å². The summed E-state index contributed by atoms with van der Waals surface area (Å²) in [5, 5.41) is 2.97. The minimum atomic E-state index is 0.279. The maximum atomic E-state index is 5.78. The summed E-state index contributed by atoms with van der Waals surface area (Å²) in [4.78, 5) is 4.20. The Balaban J connectivity index is 1.91. The van der Waals surface area contributed by atoms with Gasteiger partial charge in [-0.3, -0.25) is 0 Å². The molecule has 1 aliphatic heterocycles. The van der Waals surface area contributed by atoms with E-state index < -0.39 is 0 Å². The largest absolute Gasteiger partial charge is 0.489 e. The van der Waals surface area contributed by atoms with Gasteiger partial charge in [0.25, 0.3) is 0 Å². The molecule has 4 nitrogen and oxygen atoms in total. The van der Waals surface area contributed by atoms with Crippen LogP contribution in [0.15, 0.2) is 18.3 Å². The summed E-state index contributed by atoms with van der Waals surface area (Å²) < 4.78 is 11.1. The monoisotopic (exact) mass is 208 g/mol. The van der Waals surface area contributed by atoms with Crippen LogP contribution in [0.25, 0.3) is 0 Å². The fourth-order valence-electron chi connectivity index (χ4n) is 1.58. The zero-order valence-electron chi connectivity index (χ0n) is 8.90. The molecule has 0 aromatic carbocycles. The molecule has 15 heavy (non-hydrogen) atoms. The minimum Gasteiger partial charge on any atom is -0.489 e. The van der Waals surface area contributed by atoms with Crippen molar-refractivity contribution in [1.82, 2.24) is 4.98 Å². The molecule has 1 aromatic rings. The van der Waals surface area contributed by atoms with Gasteiger partial charge in [-0.15, -0.1) is 0 Å². The molecule has 1 N–H and O–H groups in total. The second-order valence-electron chi connectivity index (χ2n) is 3.56. The highest BCUT2D eigenvalue weighted by atomic mass is 16.5. The lowest BCUT2D eigenvalue weighted by Crippen LogP contribution is -2.25. The van der Waals surface area contributed by atoms with Crippen LogP contribution in [0.1, 0.15) is 12.8 Å². The van der Waals surface area contributed by atoms with Crippen molar-refractivity contribution in [3.63, 3.8) is 0 Å². The number of hydrogen-bond acceptors (Lipinski definition) is 4. The third kappa shape index (κ3) is 2.83. The number of nitrogens with zero attached hydrogens (tertiary/aromatic N) is 1. The standard InChI is InChI=1S/C11H16N2O2/c1-12-11-3-2-10(8-13-11)15-9-4-6-14-7-5-9/h2-3,8-9H,4-7H2,1H3,(H,12,13). The van der Waals surface area contributed by atoms with E-state index in [2.05, 4.69) is 10.3 Å². The number of rotatable bonds is 3. The van der Waals surface area contributed by atoms with Crippen molar-refractivity contribution in [2.45, 2.75) is 18.9 Å². The van der Waals surface area contributed by atoms with Crippen molar-refractivity contribution in [3.8, 4) is 5.75 Å². The predicted molar refractivity (Wildman–Crippen MR) is 58.3 cm³/mol. The lowest BCUT2D eigenvalue weighted by Gasteiger charge is -2.23. The number of anilines is 1. The Kier molecular flexibility index (Phi) is 3.40. The van der Waals surface area contributed by atoms with Crippen molar-refractivity contribution in [3.05, 3.63) is 18.3 Å². The molecule has 0 unspecified atom stereocenters. The van der Waals surface area contributed by atoms with Gasteiger partial charge in [-0.1, -0.05) is 0 Å². The smallest absolute Gasteiger partial charge is 0.138 e. The molecule has 2 rings (SSSR count). The first-order valence-corrected chi connectivity index (χ1v) is 5.26. The van der Waals surface area contributed by atoms with Crippen molar-refractivity contribution < 1.29 is 9.47 Å². The summed E-state index contributed by atoms with van der Waals surface area (Å²) in [6.45, 7) is 1.60. The molecule has 0 atom stereocenters. The van der Waals surface area contributed by atoms with E-state index in [1.54, 1.807) is 6.20 Å². The molecular weight excluding hydrogens is 192 g/mol. The lowest BCUT2D eigenvalue weighted by molar-refractivity contribution is 0.0254. The molecule has 82 valence electrons. The van der Waals surface area contributed by atoms with Crippen LogP contribution >= 0.6 is 0 Å². The molecule has 1 saturated heterocycles. The molecule has 1 aliphatic rings. The predicted octanol–water partition coefficient (Wildman–Crippen LogP) is 1.68. The molecule has 1 fully saturated rings. The normalized spacial score (nSPS) is 17.4. The Morgan fingerprint density at radius 3 is 2.80 bits per heavy atom. The molecule has 0 radical (unpaired) electrons. The fraction of sp³-hybridized carbons (Fsp3) is 0.545. The van der Waals surface area contributed by atoms with Gasteiger partial charge in [0, 0.05) is 19.9 Å². The van der Waals surface area contributed by atoms with Gasteiger partial charge >= 0.3 is 0 Å². The SMILES string of the molecule is CNc1ccc(OC2CCOCC2)cn1. The Morgan fingerprint density at radius 1 is 1.40 bits per heavy atom. The second-order valence-corrected chi connectivity index (χ2v) is 3.56. The fourth-order valence-corrected chi connectivity index (χ4v) is 1.58. The summed E-state index contributed by atoms with van der Waals surface area (Å²) in [5.41, 5.74) is 0. The molecule has 0 saturated carbocycles. The van der Waals surface area contributed by atoms with E-state index in [0.29, 0.717) is 0 Å². The van der Waals surface area contributed by atoms with Crippen LogP contribution in [-0.4, -0.2) is 31.3 Å². The van der Waals surface area contributed by atoms with E-state index in [1.165, 1.54) is 0 Å². The van der Waals surface area contributed by atoms with Crippen LogP contribution in [0, 0.1) is 0 Å². The van der Waals surface area contributed by atoms with Crippen molar-refractivity contribution in [2.24, 2.45) is 0 Å². The zero-order valence-corrected chi connectivity index (χ0v) is 8.90. The summed E-state index contributed by atoms with van der Waals surface area (Å²) in [6, 6.07) is 3.85. The van der Waals surface area contributed by atoms with Gasteiger partial charge < -0.3 is 14.8 Å². The quantitative estimate of drug-likeness (QED) is 0.820. The Labute approximate surface area is 89.6 Å². The van der Waals surface area contributed by atoms with Gasteiger partial charge in [-0.2, -0.15) is 0 Å². The Bertz CT molecular complexity index is 294. The Hall–Kier alpha value is -1.29. The van der Waals surface area contributed by atoms with E-state index in [0.717, 1.165) is 37.6 Å². The van der Waals surface area contributed by atoms with Crippen LogP contribution < -0.4 is 10.1 Å². The van der Waals surface area contributed by atoms with E-state index in [1.807, 2.05) is 19.2 Å². The van der Waals surface area contributed by atoms with Gasteiger partial charge in [0.05, 0.1) is 19.4 Å². The molecule has 4 heteroatoms. The van der Waals surface area contributed by atoms with Crippen LogP contribution in [0.4, 0.5) is 5.82 Å². The number of pyridine rings is 1. The van der Waals surface area contributed by atoms with Crippen LogP contribution in [0.2, 0.25) is 0 Å². The number of hydrogen-bond donors (Lipinski definition) is 1. The number of nitrogens with one attached hydrogen (secondary N) is 1. The second kappa shape index (κ2) is 4.98.